The summed E-state index contributed by atoms with van der Waals surface area (Å²) in [5.41, 5.74) is 0.925. The minimum absolute atomic E-state index is 0.0694. The molecule has 0 amide bonds. The van der Waals surface area contributed by atoms with Crippen molar-refractivity contribution in [1.82, 2.24) is 0 Å². The molecule has 1 unspecified atom stereocenters. The maximum absolute atomic E-state index is 6.05. The first-order valence-electron chi connectivity index (χ1n) is 3.92. The SMILES string of the molecule is Clc1cc(C(Br)c2ccc(Br)o2)c(Cl)s1. The lowest BCUT2D eigenvalue weighted by molar-refractivity contribution is 0.497. The van der Waals surface area contributed by atoms with Gasteiger partial charge in [0.1, 0.15) is 5.76 Å². The maximum Gasteiger partial charge on any atom is 0.169 e. The van der Waals surface area contributed by atoms with E-state index in [0.29, 0.717) is 13.3 Å². The number of furan rings is 1. The van der Waals surface area contributed by atoms with Crippen molar-refractivity contribution in [2.75, 3.05) is 0 Å². The van der Waals surface area contributed by atoms with Gasteiger partial charge in [0, 0.05) is 5.56 Å². The summed E-state index contributed by atoms with van der Waals surface area (Å²) < 4.78 is 7.48. The van der Waals surface area contributed by atoms with Crippen LogP contribution in [0.5, 0.6) is 0 Å². The Hall–Kier alpha value is 0.520. The Labute approximate surface area is 118 Å². The van der Waals surface area contributed by atoms with Gasteiger partial charge in [0.05, 0.1) is 13.5 Å². The van der Waals surface area contributed by atoms with Crippen molar-refractivity contribution in [2.45, 2.75) is 4.83 Å². The van der Waals surface area contributed by atoms with Crippen LogP contribution >= 0.6 is 66.4 Å². The van der Waals surface area contributed by atoms with E-state index < -0.39 is 0 Å². The summed E-state index contributed by atoms with van der Waals surface area (Å²) in [6.45, 7) is 0. The van der Waals surface area contributed by atoms with Crippen molar-refractivity contribution in [3.8, 4) is 0 Å². The molecule has 1 atom stereocenters. The van der Waals surface area contributed by atoms with Gasteiger partial charge >= 0.3 is 0 Å². The Morgan fingerprint density at radius 1 is 1.33 bits per heavy atom. The molecule has 1 nitrogen and oxygen atoms in total. The molecule has 2 heterocycles. The van der Waals surface area contributed by atoms with Gasteiger partial charge in [-0.05, 0) is 34.1 Å². The third-order valence-corrected chi connectivity index (χ3v) is 4.69. The van der Waals surface area contributed by atoms with Gasteiger partial charge in [-0.15, -0.1) is 11.3 Å². The Morgan fingerprint density at radius 3 is 2.53 bits per heavy atom. The summed E-state index contributed by atoms with van der Waals surface area (Å²) in [5, 5.41) is 0. The molecular weight excluding hydrogens is 387 g/mol. The van der Waals surface area contributed by atoms with E-state index in [1.807, 2.05) is 18.2 Å². The Morgan fingerprint density at radius 2 is 2.07 bits per heavy atom. The average molecular weight is 391 g/mol. The van der Waals surface area contributed by atoms with Gasteiger partial charge in [0.2, 0.25) is 0 Å². The lowest BCUT2D eigenvalue weighted by Gasteiger charge is -2.04. The zero-order valence-corrected chi connectivity index (χ0v) is 12.6. The predicted molar refractivity (Wildman–Crippen MR) is 71.5 cm³/mol. The molecule has 0 aliphatic heterocycles. The van der Waals surface area contributed by atoms with Crippen LogP contribution in [0.2, 0.25) is 8.67 Å². The van der Waals surface area contributed by atoms with E-state index in [4.69, 9.17) is 27.6 Å². The average Bonchev–Trinajstić information content (AvgIpc) is 2.71. The molecule has 0 spiro atoms. The lowest BCUT2D eigenvalue weighted by atomic mass is 10.2. The van der Waals surface area contributed by atoms with Gasteiger partial charge < -0.3 is 4.42 Å². The Balaban J connectivity index is 2.35. The van der Waals surface area contributed by atoms with Crippen LogP contribution in [-0.4, -0.2) is 0 Å². The van der Waals surface area contributed by atoms with Crippen LogP contribution < -0.4 is 0 Å². The molecule has 0 radical (unpaired) electrons. The fourth-order valence-corrected chi connectivity index (χ4v) is 3.89. The molecular formula is C9H4Br2Cl2OS. The summed E-state index contributed by atoms with van der Waals surface area (Å²) in [6, 6.07) is 5.56. The molecule has 0 saturated heterocycles. The van der Waals surface area contributed by atoms with Crippen molar-refractivity contribution < 1.29 is 4.42 Å². The summed E-state index contributed by atoms with van der Waals surface area (Å²) >= 11 is 20.0. The predicted octanol–water partition coefficient (Wildman–Crippen LogP) is 5.89. The van der Waals surface area contributed by atoms with Gasteiger partial charge in [0.25, 0.3) is 0 Å². The third kappa shape index (κ3) is 2.61. The molecule has 0 fully saturated rings. The molecule has 6 heteroatoms. The molecule has 15 heavy (non-hydrogen) atoms. The van der Waals surface area contributed by atoms with Gasteiger partial charge in [-0.2, -0.15) is 0 Å². The molecule has 0 bridgehead atoms. The molecule has 0 saturated carbocycles. The number of hydrogen-bond donors (Lipinski definition) is 0. The Bertz CT molecular complexity index is 480. The molecule has 2 rings (SSSR count). The maximum atomic E-state index is 6.05. The van der Waals surface area contributed by atoms with Gasteiger partial charge in [0.15, 0.2) is 4.67 Å². The van der Waals surface area contributed by atoms with Crippen molar-refractivity contribution in [3.63, 3.8) is 0 Å². The topological polar surface area (TPSA) is 13.1 Å². The first kappa shape index (κ1) is 12.0. The molecule has 0 aliphatic rings. The number of rotatable bonds is 2. The van der Waals surface area contributed by atoms with Gasteiger partial charge in [-0.3, -0.25) is 0 Å². The summed E-state index contributed by atoms with van der Waals surface area (Å²) in [5.74, 6) is 0.790. The van der Waals surface area contributed by atoms with E-state index in [0.717, 1.165) is 11.3 Å². The Kier molecular flexibility index (Phi) is 3.83. The molecule has 0 aliphatic carbocycles. The normalized spacial score (nSPS) is 13.1. The van der Waals surface area contributed by atoms with Crippen LogP contribution in [0, 0.1) is 0 Å². The molecule has 0 aromatic carbocycles. The van der Waals surface area contributed by atoms with Crippen LogP contribution in [0.3, 0.4) is 0 Å². The van der Waals surface area contributed by atoms with Crippen LogP contribution in [0.4, 0.5) is 0 Å². The minimum Gasteiger partial charge on any atom is -0.453 e. The van der Waals surface area contributed by atoms with Crippen molar-refractivity contribution >= 4 is 66.4 Å². The van der Waals surface area contributed by atoms with Crippen molar-refractivity contribution in [3.05, 3.63) is 42.9 Å². The summed E-state index contributed by atoms with van der Waals surface area (Å²) in [4.78, 5) is -0.0694. The molecule has 80 valence electrons. The van der Waals surface area contributed by atoms with Crippen molar-refractivity contribution in [2.24, 2.45) is 0 Å². The molecule has 2 aromatic heterocycles. The number of thiophene rings is 1. The number of alkyl halides is 1. The highest BCUT2D eigenvalue weighted by atomic mass is 79.9. The zero-order chi connectivity index (χ0) is 11.0. The lowest BCUT2D eigenvalue weighted by Crippen LogP contribution is -1.87. The standard InChI is InChI=1S/C9H4Br2Cl2OS/c10-6-2-1-5(14-6)8(11)4-3-7(12)15-9(4)13/h1-3,8H. The third-order valence-electron chi connectivity index (χ3n) is 1.80. The number of halogens is 4. The highest BCUT2D eigenvalue weighted by Crippen LogP contribution is 2.42. The second-order valence-electron chi connectivity index (χ2n) is 2.78. The van der Waals surface area contributed by atoms with Crippen LogP contribution in [0.1, 0.15) is 16.2 Å². The second kappa shape index (κ2) is 4.80. The molecule has 0 N–H and O–H groups in total. The summed E-state index contributed by atoms with van der Waals surface area (Å²) in [7, 11) is 0. The first-order valence-corrected chi connectivity index (χ1v) is 7.20. The minimum atomic E-state index is -0.0694. The van der Waals surface area contributed by atoms with Crippen LogP contribution in [0.15, 0.2) is 27.3 Å². The highest BCUT2D eigenvalue weighted by Gasteiger charge is 2.19. The van der Waals surface area contributed by atoms with E-state index in [-0.39, 0.29) is 4.83 Å². The fraction of sp³-hybridized carbons (Fsp3) is 0.111. The quantitative estimate of drug-likeness (QED) is 0.582. The zero-order valence-electron chi connectivity index (χ0n) is 7.14. The van der Waals surface area contributed by atoms with E-state index >= 15 is 0 Å². The smallest absolute Gasteiger partial charge is 0.169 e. The monoisotopic (exact) mass is 388 g/mol. The highest BCUT2D eigenvalue weighted by molar-refractivity contribution is 9.10. The fourth-order valence-electron chi connectivity index (χ4n) is 1.14. The van der Waals surface area contributed by atoms with Gasteiger partial charge in [-0.1, -0.05) is 39.1 Å². The van der Waals surface area contributed by atoms with E-state index in [1.165, 1.54) is 11.3 Å². The van der Waals surface area contributed by atoms with Gasteiger partial charge in [-0.25, -0.2) is 0 Å². The van der Waals surface area contributed by atoms with E-state index in [9.17, 15) is 0 Å². The largest absolute Gasteiger partial charge is 0.453 e. The van der Waals surface area contributed by atoms with Crippen LogP contribution in [0.25, 0.3) is 0 Å². The first-order chi connectivity index (χ1) is 7.08. The van der Waals surface area contributed by atoms with E-state index in [1.54, 1.807) is 0 Å². The van der Waals surface area contributed by atoms with E-state index in [2.05, 4.69) is 31.9 Å². The summed E-state index contributed by atoms with van der Waals surface area (Å²) in [6.07, 6.45) is 0. The molecule has 2 aromatic rings. The second-order valence-corrected chi connectivity index (χ2v) is 6.77. The van der Waals surface area contributed by atoms with Crippen LogP contribution in [-0.2, 0) is 0 Å². The number of hydrogen-bond acceptors (Lipinski definition) is 2. The van der Waals surface area contributed by atoms with Crippen molar-refractivity contribution in [1.29, 1.82) is 0 Å².